The summed E-state index contributed by atoms with van der Waals surface area (Å²) >= 11 is 2.73. The highest BCUT2D eigenvalue weighted by atomic mass is 32.2. The number of rotatable bonds is 7. The maximum atomic E-state index is 13.4. The fourth-order valence-corrected chi connectivity index (χ4v) is 5.10. The average molecular weight is 496 g/mol. The van der Waals surface area contributed by atoms with Crippen LogP contribution in [0.5, 0.6) is 11.5 Å². The van der Waals surface area contributed by atoms with Crippen LogP contribution in [0.1, 0.15) is 0 Å². The summed E-state index contributed by atoms with van der Waals surface area (Å²) in [4.78, 5) is 17.9. The third-order valence-corrected chi connectivity index (χ3v) is 6.95. The fourth-order valence-electron chi connectivity index (χ4n) is 3.49. The molecule has 2 aromatic carbocycles. The Hall–Kier alpha value is -3.70. The van der Waals surface area contributed by atoms with E-state index in [1.807, 2.05) is 5.38 Å². The van der Waals surface area contributed by atoms with Crippen LogP contribution in [0.2, 0.25) is 0 Å². The van der Waals surface area contributed by atoms with Gasteiger partial charge >= 0.3 is 0 Å². The number of hydrogen-bond donors (Lipinski definition) is 1. The minimum atomic E-state index is -0.294. The van der Waals surface area contributed by atoms with Gasteiger partial charge in [0, 0.05) is 17.0 Å². The average Bonchev–Trinajstić information content (AvgIpc) is 3.47. The van der Waals surface area contributed by atoms with Gasteiger partial charge in [-0.25, -0.2) is 9.37 Å². The number of benzene rings is 2. The number of halogens is 1. The Bertz CT molecular complexity index is 1500. The van der Waals surface area contributed by atoms with E-state index in [2.05, 4.69) is 20.5 Å². The van der Waals surface area contributed by atoms with Gasteiger partial charge in [-0.05, 0) is 29.8 Å². The van der Waals surface area contributed by atoms with Gasteiger partial charge in [0.15, 0.2) is 10.8 Å². The number of thiophene rings is 1. The molecule has 34 heavy (non-hydrogen) atoms. The van der Waals surface area contributed by atoms with Crippen molar-refractivity contribution in [3.8, 4) is 22.6 Å². The lowest BCUT2D eigenvalue weighted by atomic mass is 10.1. The highest BCUT2D eigenvalue weighted by Crippen LogP contribution is 2.36. The van der Waals surface area contributed by atoms with Crippen LogP contribution in [-0.4, -0.2) is 45.5 Å². The third-order valence-electron chi connectivity index (χ3n) is 5.12. The zero-order valence-corrected chi connectivity index (χ0v) is 19.7. The maximum Gasteiger partial charge on any atom is 0.234 e. The highest BCUT2D eigenvalue weighted by Gasteiger charge is 2.17. The second-order valence-electron chi connectivity index (χ2n) is 7.16. The van der Waals surface area contributed by atoms with E-state index >= 15 is 0 Å². The summed E-state index contributed by atoms with van der Waals surface area (Å²) in [6, 6.07) is 11.5. The Labute approximate surface area is 201 Å². The monoisotopic (exact) mass is 495 g/mol. The molecule has 0 spiro atoms. The van der Waals surface area contributed by atoms with Crippen LogP contribution in [0.25, 0.3) is 27.0 Å². The SMILES string of the molecule is COc1ccc(OC)c(NC(=O)CSc2nnc3c4c(-c5ccc(F)cc5)csc4ncn23)c1. The van der Waals surface area contributed by atoms with Gasteiger partial charge in [0.25, 0.3) is 0 Å². The van der Waals surface area contributed by atoms with E-state index in [-0.39, 0.29) is 17.5 Å². The van der Waals surface area contributed by atoms with E-state index < -0.39 is 0 Å². The first-order valence-electron chi connectivity index (χ1n) is 10.1. The molecule has 0 aliphatic rings. The molecule has 0 radical (unpaired) electrons. The minimum absolute atomic E-state index is 0.105. The van der Waals surface area contributed by atoms with E-state index in [1.165, 1.54) is 42.3 Å². The number of anilines is 1. The van der Waals surface area contributed by atoms with E-state index in [1.54, 1.807) is 48.2 Å². The standard InChI is InChI=1S/C23H18FN5O3S2/c1-31-15-7-8-18(32-2)17(9-15)26-19(30)11-34-23-28-27-21-20-16(13-3-5-14(24)6-4-13)10-33-22(20)25-12-29(21)23/h3-10,12H,11H2,1-2H3,(H,26,30). The molecule has 0 saturated carbocycles. The largest absolute Gasteiger partial charge is 0.497 e. The van der Waals surface area contributed by atoms with Crippen molar-refractivity contribution in [2.45, 2.75) is 5.16 Å². The smallest absolute Gasteiger partial charge is 0.234 e. The van der Waals surface area contributed by atoms with Gasteiger partial charge in [-0.15, -0.1) is 21.5 Å². The first kappa shape index (κ1) is 22.1. The van der Waals surface area contributed by atoms with E-state index in [9.17, 15) is 9.18 Å². The molecule has 0 bridgehead atoms. The number of nitrogens with zero attached hydrogens (tertiary/aromatic N) is 4. The molecule has 8 nitrogen and oxygen atoms in total. The molecule has 5 aromatic rings. The van der Waals surface area contributed by atoms with Crippen molar-refractivity contribution >= 4 is 50.6 Å². The molecular formula is C23H18FN5O3S2. The van der Waals surface area contributed by atoms with Gasteiger partial charge in [-0.1, -0.05) is 23.9 Å². The van der Waals surface area contributed by atoms with Crippen LogP contribution in [-0.2, 0) is 4.79 Å². The number of ether oxygens (including phenoxy) is 2. The van der Waals surface area contributed by atoms with Gasteiger partial charge in [0.05, 0.1) is 31.0 Å². The molecule has 3 heterocycles. The summed E-state index contributed by atoms with van der Waals surface area (Å²) in [7, 11) is 3.09. The van der Waals surface area contributed by atoms with Gasteiger partial charge in [0.1, 0.15) is 28.5 Å². The summed E-state index contributed by atoms with van der Waals surface area (Å²) in [5.41, 5.74) is 2.92. The van der Waals surface area contributed by atoms with Gasteiger partial charge in [-0.2, -0.15) is 0 Å². The number of nitrogens with one attached hydrogen (secondary N) is 1. The molecule has 172 valence electrons. The normalized spacial score (nSPS) is 11.1. The van der Waals surface area contributed by atoms with Gasteiger partial charge in [0.2, 0.25) is 5.91 Å². The van der Waals surface area contributed by atoms with E-state index in [0.717, 1.165) is 21.3 Å². The molecule has 0 fully saturated rings. The van der Waals surface area contributed by atoms with Crippen molar-refractivity contribution in [2.75, 3.05) is 25.3 Å². The van der Waals surface area contributed by atoms with E-state index in [4.69, 9.17) is 9.47 Å². The topological polar surface area (TPSA) is 90.6 Å². The number of carbonyl (C=O) groups excluding carboxylic acids is 1. The first-order chi connectivity index (χ1) is 16.6. The quantitative estimate of drug-likeness (QED) is 0.321. The summed E-state index contributed by atoms with van der Waals surface area (Å²) in [6.07, 6.45) is 1.65. The second-order valence-corrected chi connectivity index (χ2v) is 8.96. The predicted octanol–water partition coefficient (Wildman–Crippen LogP) is 4.89. The zero-order chi connectivity index (χ0) is 23.7. The molecule has 3 aromatic heterocycles. The zero-order valence-electron chi connectivity index (χ0n) is 18.1. The molecule has 0 atom stereocenters. The number of fused-ring (bicyclic) bond motifs is 3. The van der Waals surface area contributed by atoms with Crippen molar-refractivity contribution in [3.05, 3.63) is 60.0 Å². The van der Waals surface area contributed by atoms with Crippen molar-refractivity contribution in [3.63, 3.8) is 0 Å². The molecule has 1 amide bonds. The first-order valence-corrected chi connectivity index (χ1v) is 12.0. The van der Waals surface area contributed by atoms with Crippen molar-refractivity contribution in [2.24, 2.45) is 0 Å². The van der Waals surface area contributed by atoms with Crippen LogP contribution in [0, 0.1) is 5.82 Å². The Morgan fingerprint density at radius 3 is 2.74 bits per heavy atom. The third kappa shape index (κ3) is 4.15. The number of aromatic nitrogens is 4. The fraction of sp³-hybridized carbons (Fsp3) is 0.130. The van der Waals surface area contributed by atoms with Crippen molar-refractivity contribution in [1.82, 2.24) is 19.6 Å². The molecule has 0 aliphatic carbocycles. The summed E-state index contributed by atoms with van der Waals surface area (Å²) in [5, 5.41) is 14.8. The molecule has 0 saturated heterocycles. The molecule has 1 N–H and O–H groups in total. The number of carbonyl (C=O) groups is 1. The molecule has 0 aliphatic heterocycles. The van der Waals surface area contributed by atoms with Crippen molar-refractivity contribution in [1.29, 1.82) is 0 Å². The lowest BCUT2D eigenvalue weighted by molar-refractivity contribution is -0.113. The Morgan fingerprint density at radius 2 is 1.97 bits per heavy atom. The number of hydrogen-bond acceptors (Lipinski definition) is 8. The number of amides is 1. The summed E-state index contributed by atoms with van der Waals surface area (Å²) < 4.78 is 25.7. The Kier molecular flexibility index (Phi) is 6.03. The van der Waals surface area contributed by atoms with Crippen LogP contribution < -0.4 is 14.8 Å². The lowest BCUT2D eigenvalue weighted by Crippen LogP contribution is -2.15. The van der Waals surface area contributed by atoms with E-state index in [0.29, 0.717) is 28.0 Å². The molecule has 11 heteroatoms. The van der Waals surface area contributed by atoms with Crippen LogP contribution >= 0.6 is 23.1 Å². The highest BCUT2D eigenvalue weighted by molar-refractivity contribution is 7.99. The maximum absolute atomic E-state index is 13.4. The second kappa shape index (κ2) is 9.27. The van der Waals surface area contributed by atoms with Gasteiger partial charge < -0.3 is 14.8 Å². The summed E-state index contributed by atoms with van der Waals surface area (Å²) in [5.74, 6) is 0.718. The number of methoxy groups -OCH3 is 2. The van der Waals surface area contributed by atoms with Crippen LogP contribution in [0.15, 0.2) is 59.3 Å². The molecular weight excluding hydrogens is 477 g/mol. The lowest BCUT2D eigenvalue weighted by Gasteiger charge is -2.11. The summed E-state index contributed by atoms with van der Waals surface area (Å²) in [6.45, 7) is 0. The molecule has 0 unspecified atom stereocenters. The predicted molar refractivity (Wildman–Crippen MR) is 130 cm³/mol. The van der Waals surface area contributed by atoms with Crippen molar-refractivity contribution < 1.29 is 18.7 Å². The van der Waals surface area contributed by atoms with Crippen LogP contribution in [0.4, 0.5) is 10.1 Å². The number of thioether (sulfide) groups is 1. The Morgan fingerprint density at radius 1 is 1.15 bits per heavy atom. The van der Waals surface area contributed by atoms with Gasteiger partial charge in [-0.3, -0.25) is 9.20 Å². The van der Waals surface area contributed by atoms with Crippen LogP contribution in [0.3, 0.4) is 0 Å². The minimum Gasteiger partial charge on any atom is -0.497 e. The Balaban J connectivity index is 1.39. The molecule has 5 rings (SSSR count).